The molecule has 1 aromatic rings. The zero-order chi connectivity index (χ0) is 11.4. The van der Waals surface area contributed by atoms with Crippen molar-refractivity contribution in [1.29, 1.82) is 0 Å². The quantitative estimate of drug-likeness (QED) is 0.841. The van der Waals surface area contributed by atoms with Crippen molar-refractivity contribution in [3.63, 3.8) is 0 Å². The van der Waals surface area contributed by atoms with Crippen LogP contribution in [0.4, 0.5) is 0 Å². The lowest BCUT2D eigenvalue weighted by Gasteiger charge is -2.16. The highest BCUT2D eigenvalue weighted by Gasteiger charge is 2.16. The molecule has 1 saturated heterocycles. The van der Waals surface area contributed by atoms with E-state index < -0.39 is 0 Å². The Balaban J connectivity index is 1.85. The van der Waals surface area contributed by atoms with Gasteiger partial charge in [-0.2, -0.15) is 11.8 Å². The first kappa shape index (κ1) is 12.0. The van der Waals surface area contributed by atoms with Gasteiger partial charge in [0, 0.05) is 18.3 Å². The standard InChI is InChI=1S/C13H19NOS/c1-10-3-2-4-11(7-10)13(15)8-14-12-5-6-16-9-12/h2-4,7,12-15H,5-6,8-9H2,1H3. The second kappa shape index (κ2) is 5.71. The number of benzene rings is 1. The third-order valence-corrected chi connectivity index (χ3v) is 4.12. The molecule has 1 aromatic carbocycles. The molecular formula is C13H19NOS. The predicted octanol–water partition coefficient (Wildman–Crippen LogP) is 2.12. The van der Waals surface area contributed by atoms with Gasteiger partial charge in [-0.05, 0) is 24.7 Å². The van der Waals surface area contributed by atoms with E-state index in [1.807, 2.05) is 23.9 Å². The third-order valence-electron chi connectivity index (χ3n) is 2.96. The van der Waals surface area contributed by atoms with Crippen molar-refractivity contribution in [2.24, 2.45) is 0 Å². The van der Waals surface area contributed by atoms with Crippen molar-refractivity contribution in [3.05, 3.63) is 35.4 Å². The normalized spacial score (nSPS) is 22.2. The number of hydrogen-bond acceptors (Lipinski definition) is 3. The molecule has 2 nitrogen and oxygen atoms in total. The minimum Gasteiger partial charge on any atom is -0.387 e. The highest BCUT2D eigenvalue weighted by Crippen LogP contribution is 2.18. The van der Waals surface area contributed by atoms with Crippen LogP contribution in [0, 0.1) is 6.92 Å². The molecule has 1 fully saturated rings. The molecular weight excluding hydrogens is 218 g/mol. The molecule has 2 N–H and O–H groups in total. The SMILES string of the molecule is Cc1cccc(C(O)CNC2CCSC2)c1. The zero-order valence-electron chi connectivity index (χ0n) is 9.65. The summed E-state index contributed by atoms with van der Waals surface area (Å²) in [6, 6.07) is 8.68. The summed E-state index contributed by atoms with van der Waals surface area (Å²) in [6.07, 6.45) is 0.844. The number of rotatable bonds is 4. The number of aryl methyl sites for hydroxylation is 1. The zero-order valence-corrected chi connectivity index (χ0v) is 10.5. The topological polar surface area (TPSA) is 32.3 Å². The van der Waals surface area contributed by atoms with E-state index in [9.17, 15) is 5.11 Å². The van der Waals surface area contributed by atoms with Gasteiger partial charge in [0.25, 0.3) is 0 Å². The molecule has 0 spiro atoms. The van der Waals surface area contributed by atoms with Crippen LogP contribution < -0.4 is 5.32 Å². The smallest absolute Gasteiger partial charge is 0.0914 e. The van der Waals surface area contributed by atoms with Gasteiger partial charge in [-0.1, -0.05) is 29.8 Å². The van der Waals surface area contributed by atoms with E-state index in [1.54, 1.807) is 0 Å². The fourth-order valence-electron chi connectivity index (χ4n) is 1.97. The average molecular weight is 237 g/mol. The maximum atomic E-state index is 10.0. The van der Waals surface area contributed by atoms with Crippen molar-refractivity contribution in [3.8, 4) is 0 Å². The minimum absolute atomic E-state index is 0.384. The number of nitrogens with one attached hydrogen (secondary N) is 1. The summed E-state index contributed by atoms with van der Waals surface area (Å²) in [5.74, 6) is 2.43. The molecule has 0 radical (unpaired) electrons. The summed E-state index contributed by atoms with van der Waals surface area (Å²) in [6.45, 7) is 2.71. The van der Waals surface area contributed by atoms with Gasteiger partial charge in [0.15, 0.2) is 0 Å². The Hall–Kier alpha value is -0.510. The van der Waals surface area contributed by atoms with Crippen molar-refractivity contribution >= 4 is 11.8 Å². The summed E-state index contributed by atoms with van der Waals surface area (Å²) in [5.41, 5.74) is 2.21. The Bertz CT molecular complexity index is 336. The highest BCUT2D eigenvalue weighted by molar-refractivity contribution is 7.99. The summed E-state index contributed by atoms with van der Waals surface area (Å²) in [4.78, 5) is 0. The molecule has 0 aromatic heterocycles. The molecule has 2 rings (SSSR count). The van der Waals surface area contributed by atoms with Gasteiger partial charge in [-0.25, -0.2) is 0 Å². The maximum Gasteiger partial charge on any atom is 0.0914 e. The Morgan fingerprint density at radius 1 is 1.56 bits per heavy atom. The van der Waals surface area contributed by atoms with Crippen LogP contribution in [0.1, 0.15) is 23.7 Å². The van der Waals surface area contributed by atoms with Crippen LogP contribution in [0.3, 0.4) is 0 Å². The molecule has 0 amide bonds. The molecule has 0 saturated carbocycles. The second-order valence-electron chi connectivity index (χ2n) is 4.40. The summed E-state index contributed by atoms with van der Waals surface area (Å²) >= 11 is 1.99. The number of thioether (sulfide) groups is 1. The molecule has 0 aliphatic carbocycles. The van der Waals surface area contributed by atoms with Gasteiger partial charge < -0.3 is 10.4 Å². The first-order valence-corrected chi connectivity index (χ1v) is 6.97. The van der Waals surface area contributed by atoms with Crippen LogP contribution >= 0.6 is 11.8 Å². The summed E-state index contributed by atoms with van der Waals surface area (Å²) in [5, 5.41) is 13.5. The van der Waals surface area contributed by atoms with Gasteiger partial charge in [0.2, 0.25) is 0 Å². The summed E-state index contributed by atoms with van der Waals surface area (Å²) in [7, 11) is 0. The second-order valence-corrected chi connectivity index (χ2v) is 5.55. The Morgan fingerprint density at radius 3 is 3.12 bits per heavy atom. The first-order chi connectivity index (χ1) is 7.75. The summed E-state index contributed by atoms with van der Waals surface area (Å²) < 4.78 is 0. The lowest BCUT2D eigenvalue weighted by atomic mass is 10.1. The molecule has 16 heavy (non-hydrogen) atoms. The molecule has 2 unspecified atom stereocenters. The number of aliphatic hydroxyl groups is 1. The Morgan fingerprint density at radius 2 is 2.44 bits per heavy atom. The third kappa shape index (κ3) is 3.24. The molecule has 3 heteroatoms. The first-order valence-electron chi connectivity index (χ1n) is 5.81. The number of hydrogen-bond donors (Lipinski definition) is 2. The van der Waals surface area contributed by atoms with Crippen LogP contribution in [-0.4, -0.2) is 29.2 Å². The molecule has 88 valence electrons. The van der Waals surface area contributed by atoms with Gasteiger partial charge in [0.05, 0.1) is 6.10 Å². The van der Waals surface area contributed by atoms with E-state index >= 15 is 0 Å². The Labute approximate surface area is 101 Å². The number of aliphatic hydroxyl groups excluding tert-OH is 1. The van der Waals surface area contributed by atoms with Crippen LogP contribution in [-0.2, 0) is 0 Å². The van der Waals surface area contributed by atoms with Gasteiger partial charge >= 0.3 is 0 Å². The lowest BCUT2D eigenvalue weighted by Crippen LogP contribution is -2.32. The van der Waals surface area contributed by atoms with Crippen molar-refractivity contribution in [2.75, 3.05) is 18.1 Å². The molecule has 2 atom stereocenters. The molecule has 1 aliphatic heterocycles. The van der Waals surface area contributed by atoms with Crippen LogP contribution in [0.5, 0.6) is 0 Å². The molecule has 0 bridgehead atoms. The van der Waals surface area contributed by atoms with Gasteiger partial charge in [-0.15, -0.1) is 0 Å². The van der Waals surface area contributed by atoms with E-state index in [0.717, 1.165) is 5.56 Å². The van der Waals surface area contributed by atoms with Crippen molar-refractivity contribution in [2.45, 2.75) is 25.5 Å². The van der Waals surface area contributed by atoms with E-state index in [1.165, 1.54) is 23.5 Å². The average Bonchev–Trinajstić information content (AvgIpc) is 2.78. The largest absolute Gasteiger partial charge is 0.387 e. The fraction of sp³-hybridized carbons (Fsp3) is 0.538. The van der Waals surface area contributed by atoms with Crippen molar-refractivity contribution < 1.29 is 5.11 Å². The van der Waals surface area contributed by atoms with E-state index in [4.69, 9.17) is 0 Å². The maximum absolute atomic E-state index is 10.0. The lowest BCUT2D eigenvalue weighted by molar-refractivity contribution is 0.171. The monoisotopic (exact) mass is 237 g/mol. The van der Waals surface area contributed by atoms with E-state index in [0.29, 0.717) is 12.6 Å². The molecule has 1 heterocycles. The van der Waals surface area contributed by atoms with E-state index in [-0.39, 0.29) is 6.10 Å². The minimum atomic E-state index is -0.384. The van der Waals surface area contributed by atoms with Crippen molar-refractivity contribution in [1.82, 2.24) is 5.32 Å². The Kier molecular flexibility index (Phi) is 4.27. The van der Waals surface area contributed by atoms with E-state index in [2.05, 4.69) is 24.4 Å². The fourth-order valence-corrected chi connectivity index (χ4v) is 3.16. The molecule has 1 aliphatic rings. The van der Waals surface area contributed by atoms with Crippen LogP contribution in [0.2, 0.25) is 0 Å². The van der Waals surface area contributed by atoms with Gasteiger partial charge in [-0.3, -0.25) is 0 Å². The highest BCUT2D eigenvalue weighted by atomic mass is 32.2. The predicted molar refractivity (Wildman–Crippen MR) is 69.9 cm³/mol. The van der Waals surface area contributed by atoms with Crippen LogP contribution in [0.15, 0.2) is 24.3 Å². The van der Waals surface area contributed by atoms with Gasteiger partial charge in [0.1, 0.15) is 0 Å². The van der Waals surface area contributed by atoms with Crippen LogP contribution in [0.25, 0.3) is 0 Å².